The van der Waals surface area contributed by atoms with Crippen LogP contribution in [0.5, 0.6) is 11.5 Å². The molecule has 26 heavy (non-hydrogen) atoms. The fourth-order valence-electron chi connectivity index (χ4n) is 2.15. The Morgan fingerprint density at radius 2 is 2.04 bits per heavy atom. The van der Waals surface area contributed by atoms with Crippen molar-refractivity contribution in [1.82, 2.24) is 4.98 Å². The van der Waals surface area contributed by atoms with Crippen molar-refractivity contribution in [2.24, 2.45) is 0 Å². The first-order valence-electron chi connectivity index (χ1n) is 7.96. The first-order chi connectivity index (χ1) is 12.5. The van der Waals surface area contributed by atoms with E-state index in [1.807, 2.05) is 18.2 Å². The van der Waals surface area contributed by atoms with Crippen LogP contribution in [0.2, 0.25) is 10.0 Å². The summed E-state index contributed by atoms with van der Waals surface area (Å²) in [6.07, 6.45) is 0.943. The van der Waals surface area contributed by atoms with Crippen LogP contribution in [0.4, 0.5) is 5.13 Å². The van der Waals surface area contributed by atoms with Gasteiger partial charge >= 0.3 is 0 Å². The first kappa shape index (κ1) is 18.8. The number of thiazole rings is 1. The summed E-state index contributed by atoms with van der Waals surface area (Å²) in [5, 5.41) is 4.10. The largest absolute Gasteiger partial charge is 0.494 e. The molecule has 0 aliphatic rings. The normalized spacial score (nSPS) is 10.7. The van der Waals surface area contributed by atoms with E-state index in [2.05, 4.69) is 17.2 Å². The molecule has 0 bridgehead atoms. The third-order valence-electron chi connectivity index (χ3n) is 3.33. The summed E-state index contributed by atoms with van der Waals surface area (Å²) in [6.45, 7) is 2.52. The van der Waals surface area contributed by atoms with Gasteiger partial charge in [0.25, 0.3) is 5.91 Å². The fraction of sp³-hybridized carbons (Fsp3) is 0.222. The average Bonchev–Trinajstić information content (AvgIpc) is 3.02. The Morgan fingerprint density at radius 1 is 1.19 bits per heavy atom. The van der Waals surface area contributed by atoms with Gasteiger partial charge in [-0.1, -0.05) is 41.5 Å². The van der Waals surface area contributed by atoms with Gasteiger partial charge < -0.3 is 9.47 Å². The zero-order valence-electron chi connectivity index (χ0n) is 13.9. The van der Waals surface area contributed by atoms with Gasteiger partial charge in [-0.05, 0) is 36.8 Å². The number of hydrogen-bond acceptors (Lipinski definition) is 5. The number of carbonyl (C=O) groups excluding carboxylic acids is 1. The van der Waals surface area contributed by atoms with Gasteiger partial charge in [-0.25, -0.2) is 4.98 Å². The van der Waals surface area contributed by atoms with Crippen LogP contribution < -0.4 is 14.8 Å². The molecule has 0 fully saturated rings. The van der Waals surface area contributed by atoms with E-state index >= 15 is 0 Å². The van der Waals surface area contributed by atoms with Crippen molar-refractivity contribution < 1.29 is 14.3 Å². The molecule has 0 aliphatic heterocycles. The minimum Gasteiger partial charge on any atom is -0.494 e. The Balaban J connectivity index is 1.62. The maximum absolute atomic E-state index is 12.1. The Bertz CT molecular complexity index is 930. The fourth-order valence-corrected chi connectivity index (χ4v) is 3.40. The Morgan fingerprint density at radius 3 is 2.85 bits per heavy atom. The average molecular weight is 411 g/mol. The Hall–Kier alpha value is -2.02. The number of amides is 1. The van der Waals surface area contributed by atoms with Gasteiger partial charge in [0.15, 0.2) is 11.7 Å². The number of nitrogens with zero attached hydrogens (tertiary/aromatic N) is 1. The van der Waals surface area contributed by atoms with Crippen molar-refractivity contribution in [1.29, 1.82) is 0 Å². The van der Waals surface area contributed by atoms with Gasteiger partial charge in [0.05, 0.1) is 21.8 Å². The molecule has 0 spiro atoms. The predicted octanol–water partition coefficient (Wildman–Crippen LogP) is 5.41. The molecule has 1 aromatic heterocycles. The maximum Gasteiger partial charge on any atom is 0.264 e. The number of aromatic nitrogens is 1. The zero-order valence-corrected chi connectivity index (χ0v) is 16.2. The van der Waals surface area contributed by atoms with Crippen molar-refractivity contribution in [3.63, 3.8) is 0 Å². The third-order valence-corrected chi connectivity index (χ3v) is 4.81. The molecule has 2 aromatic carbocycles. The highest BCUT2D eigenvalue weighted by Crippen LogP contribution is 2.30. The number of nitrogens with one attached hydrogen (secondary N) is 1. The smallest absolute Gasteiger partial charge is 0.264 e. The van der Waals surface area contributed by atoms with E-state index in [0.29, 0.717) is 27.5 Å². The monoisotopic (exact) mass is 410 g/mol. The molecule has 1 N–H and O–H groups in total. The van der Waals surface area contributed by atoms with Gasteiger partial charge in [-0.15, -0.1) is 0 Å². The van der Waals surface area contributed by atoms with Crippen LogP contribution in [0, 0.1) is 0 Å². The first-order valence-corrected chi connectivity index (χ1v) is 9.53. The van der Waals surface area contributed by atoms with Crippen molar-refractivity contribution in [3.05, 3.63) is 46.4 Å². The van der Waals surface area contributed by atoms with Crippen LogP contribution in [-0.2, 0) is 4.79 Å². The maximum atomic E-state index is 12.1. The van der Waals surface area contributed by atoms with E-state index in [9.17, 15) is 4.79 Å². The third kappa shape index (κ3) is 4.78. The van der Waals surface area contributed by atoms with Crippen molar-refractivity contribution in [3.8, 4) is 11.5 Å². The van der Waals surface area contributed by atoms with E-state index < -0.39 is 0 Å². The van der Waals surface area contributed by atoms with Gasteiger partial charge in [0.2, 0.25) is 0 Å². The number of rotatable bonds is 7. The van der Waals surface area contributed by atoms with Crippen LogP contribution in [0.3, 0.4) is 0 Å². The number of ether oxygens (including phenoxy) is 2. The molecule has 8 heteroatoms. The number of halogens is 2. The van der Waals surface area contributed by atoms with E-state index in [1.165, 1.54) is 11.3 Å². The summed E-state index contributed by atoms with van der Waals surface area (Å²) >= 11 is 13.3. The molecule has 0 radical (unpaired) electrons. The molecule has 0 saturated carbocycles. The van der Waals surface area contributed by atoms with E-state index in [1.54, 1.807) is 18.2 Å². The molecule has 3 rings (SSSR count). The van der Waals surface area contributed by atoms with Crippen LogP contribution in [-0.4, -0.2) is 24.1 Å². The van der Waals surface area contributed by atoms with Crippen molar-refractivity contribution >= 4 is 55.8 Å². The highest BCUT2D eigenvalue weighted by molar-refractivity contribution is 7.22. The second-order valence-electron chi connectivity index (χ2n) is 5.41. The quantitative estimate of drug-likeness (QED) is 0.565. The molecular formula is C18H16Cl2N2O3S. The predicted molar refractivity (Wildman–Crippen MR) is 106 cm³/mol. The summed E-state index contributed by atoms with van der Waals surface area (Å²) in [6, 6.07) is 10.5. The number of hydrogen-bond donors (Lipinski definition) is 1. The molecule has 1 heterocycles. The van der Waals surface area contributed by atoms with Crippen LogP contribution in [0.25, 0.3) is 10.2 Å². The van der Waals surface area contributed by atoms with Crippen LogP contribution >= 0.6 is 34.5 Å². The Kier molecular flexibility index (Phi) is 6.19. The summed E-state index contributed by atoms with van der Waals surface area (Å²) in [4.78, 5) is 16.5. The molecule has 3 aromatic rings. The molecule has 5 nitrogen and oxygen atoms in total. The summed E-state index contributed by atoms with van der Waals surface area (Å²) in [7, 11) is 0. The zero-order chi connectivity index (χ0) is 18.5. The van der Waals surface area contributed by atoms with E-state index in [4.69, 9.17) is 32.7 Å². The van der Waals surface area contributed by atoms with Crippen LogP contribution in [0.15, 0.2) is 36.4 Å². The minimum atomic E-state index is -0.331. The second kappa shape index (κ2) is 8.58. The summed E-state index contributed by atoms with van der Waals surface area (Å²) < 4.78 is 12.0. The highest BCUT2D eigenvalue weighted by Gasteiger charge is 2.11. The lowest BCUT2D eigenvalue weighted by molar-refractivity contribution is -0.118. The molecule has 1 amide bonds. The SMILES string of the molecule is CCCOc1ccc2nc(NC(=O)COc3cc(Cl)ccc3Cl)sc2c1. The lowest BCUT2D eigenvalue weighted by Crippen LogP contribution is -2.20. The molecule has 0 aliphatic carbocycles. The molecular weight excluding hydrogens is 395 g/mol. The highest BCUT2D eigenvalue weighted by atomic mass is 35.5. The topological polar surface area (TPSA) is 60.5 Å². The lowest BCUT2D eigenvalue weighted by Gasteiger charge is -2.07. The van der Waals surface area contributed by atoms with Crippen LogP contribution in [0.1, 0.15) is 13.3 Å². The van der Waals surface area contributed by atoms with E-state index in [0.717, 1.165) is 22.4 Å². The molecule has 0 saturated heterocycles. The van der Waals surface area contributed by atoms with Gasteiger partial charge in [-0.3, -0.25) is 10.1 Å². The summed E-state index contributed by atoms with van der Waals surface area (Å²) in [5.41, 5.74) is 0.799. The molecule has 0 unspecified atom stereocenters. The van der Waals surface area contributed by atoms with Gasteiger partial charge in [-0.2, -0.15) is 0 Å². The minimum absolute atomic E-state index is 0.194. The second-order valence-corrected chi connectivity index (χ2v) is 7.28. The number of fused-ring (bicyclic) bond motifs is 1. The lowest BCUT2D eigenvalue weighted by atomic mass is 10.3. The van der Waals surface area contributed by atoms with Gasteiger partial charge in [0.1, 0.15) is 11.5 Å². The van der Waals surface area contributed by atoms with E-state index in [-0.39, 0.29) is 12.5 Å². The standard InChI is InChI=1S/C18H16Cl2N2O3S/c1-2-7-24-12-4-6-14-16(9-12)26-18(21-14)22-17(23)10-25-15-8-11(19)3-5-13(15)20/h3-6,8-9H,2,7,10H2,1H3,(H,21,22,23). The number of anilines is 1. The Labute approximate surface area is 164 Å². The summed E-state index contributed by atoms with van der Waals surface area (Å²) in [5.74, 6) is 0.818. The van der Waals surface area contributed by atoms with Crippen molar-refractivity contribution in [2.75, 3.05) is 18.5 Å². The van der Waals surface area contributed by atoms with Gasteiger partial charge in [0, 0.05) is 11.1 Å². The molecule has 136 valence electrons. The van der Waals surface area contributed by atoms with Crippen molar-refractivity contribution in [2.45, 2.75) is 13.3 Å². The number of carbonyl (C=O) groups is 1. The molecule has 0 atom stereocenters. The number of benzene rings is 2.